The summed E-state index contributed by atoms with van der Waals surface area (Å²) >= 11 is 0. The maximum Gasteiger partial charge on any atom is 0.420 e. The molecule has 0 aromatic carbocycles. The van der Waals surface area contributed by atoms with Gasteiger partial charge in [0.15, 0.2) is 6.10 Å². The summed E-state index contributed by atoms with van der Waals surface area (Å²) in [5, 5.41) is 12.4. The fourth-order valence-corrected chi connectivity index (χ4v) is 1.05. The second-order valence-corrected chi connectivity index (χ2v) is 2.82. The van der Waals surface area contributed by atoms with E-state index < -0.39 is 12.3 Å². The summed E-state index contributed by atoms with van der Waals surface area (Å²) in [5.41, 5.74) is -0.0117. The van der Waals surface area contributed by atoms with Crippen molar-refractivity contribution in [1.29, 1.82) is 0 Å². The van der Waals surface area contributed by atoms with Gasteiger partial charge in [0.05, 0.1) is 0 Å². The van der Waals surface area contributed by atoms with Gasteiger partial charge in [0.1, 0.15) is 5.69 Å². The smallest absolute Gasteiger partial charge is 0.378 e. The van der Waals surface area contributed by atoms with Crippen LogP contribution in [-0.4, -0.2) is 21.1 Å². The van der Waals surface area contributed by atoms with E-state index in [0.717, 1.165) is 0 Å². The van der Waals surface area contributed by atoms with Crippen molar-refractivity contribution in [3.05, 3.63) is 17.5 Å². The van der Waals surface area contributed by atoms with Gasteiger partial charge >= 0.3 is 6.18 Å². The molecule has 1 heterocycles. The van der Waals surface area contributed by atoms with Crippen molar-refractivity contribution in [2.45, 2.75) is 19.2 Å². The van der Waals surface area contributed by atoms with Crippen molar-refractivity contribution in [3.63, 3.8) is 0 Å². The maximum atomic E-state index is 12.0. The van der Waals surface area contributed by atoms with Crippen molar-refractivity contribution >= 4 is 0 Å². The van der Waals surface area contributed by atoms with E-state index in [4.69, 9.17) is 5.11 Å². The number of aromatic nitrogens is 2. The van der Waals surface area contributed by atoms with Crippen molar-refractivity contribution < 1.29 is 18.3 Å². The number of aryl methyl sites for hydroxylation is 2. The number of aliphatic hydroxyl groups excluding tert-OH is 1. The summed E-state index contributed by atoms with van der Waals surface area (Å²) in [6.45, 7) is 1.47. The average Bonchev–Trinajstić information content (AvgIpc) is 2.26. The highest BCUT2D eigenvalue weighted by Gasteiger charge is 2.41. The Bertz CT molecular complexity index is 305. The molecule has 74 valence electrons. The Kier molecular flexibility index (Phi) is 2.34. The van der Waals surface area contributed by atoms with Crippen molar-refractivity contribution in [2.24, 2.45) is 7.05 Å². The van der Waals surface area contributed by atoms with Crippen LogP contribution in [0.2, 0.25) is 0 Å². The van der Waals surface area contributed by atoms with E-state index in [0.29, 0.717) is 5.56 Å². The van der Waals surface area contributed by atoms with E-state index in [9.17, 15) is 13.2 Å². The molecule has 3 nitrogen and oxygen atoms in total. The normalized spacial score (nSPS) is 14.6. The summed E-state index contributed by atoms with van der Waals surface area (Å²) in [6.07, 6.45) is -5.72. The maximum absolute atomic E-state index is 12.0. The molecule has 1 aromatic rings. The lowest BCUT2D eigenvalue weighted by Crippen LogP contribution is -2.21. The minimum Gasteiger partial charge on any atom is -0.378 e. The zero-order valence-electron chi connectivity index (χ0n) is 7.13. The molecule has 1 atom stereocenters. The Morgan fingerprint density at radius 2 is 2.08 bits per heavy atom. The van der Waals surface area contributed by atoms with E-state index in [1.54, 1.807) is 0 Å². The van der Waals surface area contributed by atoms with E-state index >= 15 is 0 Å². The van der Waals surface area contributed by atoms with Gasteiger partial charge in [-0.05, 0) is 12.5 Å². The van der Waals surface area contributed by atoms with Gasteiger partial charge in [0.2, 0.25) is 0 Å². The van der Waals surface area contributed by atoms with Gasteiger partial charge in [-0.15, -0.1) is 0 Å². The van der Waals surface area contributed by atoms with Crippen LogP contribution in [0.1, 0.15) is 17.4 Å². The fourth-order valence-electron chi connectivity index (χ4n) is 1.05. The summed E-state index contributed by atoms with van der Waals surface area (Å²) < 4.78 is 37.3. The van der Waals surface area contributed by atoms with Crippen molar-refractivity contribution in [3.8, 4) is 0 Å². The van der Waals surface area contributed by atoms with Crippen LogP contribution in [0.15, 0.2) is 6.20 Å². The molecule has 0 radical (unpaired) electrons. The van der Waals surface area contributed by atoms with Crippen LogP contribution in [0.25, 0.3) is 0 Å². The molecule has 0 saturated heterocycles. The average molecular weight is 194 g/mol. The first kappa shape index (κ1) is 10.0. The summed E-state index contributed by atoms with van der Waals surface area (Å²) in [5.74, 6) is 0. The molecule has 1 aromatic heterocycles. The molecular formula is C7H9F3N2O. The molecule has 0 unspecified atom stereocenters. The second kappa shape index (κ2) is 3.02. The molecule has 1 N–H and O–H groups in total. The zero-order valence-corrected chi connectivity index (χ0v) is 7.13. The van der Waals surface area contributed by atoms with Crippen LogP contribution < -0.4 is 0 Å². The Hall–Kier alpha value is -1.04. The Balaban J connectivity index is 3.01. The molecule has 6 heteroatoms. The highest BCUT2D eigenvalue weighted by molar-refractivity contribution is 5.18. The number of alkyl halides is 3. The van der Waals surface area contributed by atoms with E-state index in [2.05, 4.69) is 5.10 Å². The Labute approximate surface area is 72.8 Å². The predicted molar refractivity (Wildman–Crippen MR) is 39.0 cm³/mol. The largest absolute Gasteiger partial charge is 0.420 e. The number of hydrogen-bond acceptors (Lipinski definition) is 2. The van der Waals surface area contributed by atoms with E-state index in [1.807, 2.05) is 0 Å². The highest BCUT2D eigenvalue weighted by Crippen LogP contribution is 2.32. The summed E-state index contributed by atoms with van der Waals surface area (Å²) in [6, 6.07) is 0. The third-order valence-electron chi connectivity index (χ3n) is 1.62. The molecule has 0 saturated carbocycles. The van der Waals surface area contributed by atoms with Crippen molar-refractivity contribution in [2.75, 3.05) is 0 Å². The first-order chi connectivity index (χ1) is 5.82. The van der Waals surface area contributed by atoms with Gasteiger partial charge in [-0.1, -0.05) is 0 Å². The molecule has 0 spiro atoms. The molecule has 0 aliphatic heterocycles. The van der Waals surface area contributed by atoms with Crippen molar-refractivity contribution in [1.82, 2.24) is 9.78 Å². The van der Waals surface area contributed by atoms with Gasteiger partial charge in [-0.2, -0.15) is 18.3 Å². The third kappa shape index (κ3) is 2.00. The number of hydrogen-bond donors (Lipinski definition) is 1. The standard InChI is InChI=1S/C7H9F3N2O/c1-4-3-12(2)11-5(4)6(13)7(8,9)10/h3,6,13H,1-2H3/t6-/m0/s1. The molecule has 0 bridgehead atoms. The van der Waals surface area contributed by atoms with Crippen LogP contribution in [0.4, 0.5) is 13.2 Å². The Morgan fingerprint density at radius 1 is 1.54 bits per heavy atom. The topological polar surface area (TPSA) is 38.0 Å². The van der Waals surface area contributed by atoms with Gasteiger partial charge in [0, 0.05) is 13.2 Å². The number of halogens is 3. The lowest BCUT2D eigenvalue weighted by molar-refractivity contribution is -0.208. The molecule has 0 fully saturated rings. The molecule has 0 aliphatic carbocycles. The monoisotopic (exact) mass is 194 g/mol. The van der Waals surface area contributed by atoms with E-state index in [1.165, 1.54) is 24.9 Å². The van der Waals surface area contributed by atoms with Crippen LogP contribution in [0.5, 0.6) is 0 Å². The lowest BCUT2D eigenvalue weighted by atomic mass is 10.2. The van der Waals surface area contributed by atoms with Gasteiger partial charge < -0.3 is 5.11 Å². The minimum atomic E-state index is -4.65. The number of aliphatic hydroxyl groups is 1. The van der Waals surface area contributed by atoms with E-state index in [-0.39, 0.29) is 5.69 Å². The zero-order chi connectivity index (χ0) is 10.2. The first-order valence-corrected chi connectivity index (χ1v) is 3.57. The molecule has 0 amide bonds. The fraction of sp³-hybridized carbons (Fsp3) is 0.571. The predicted octanol–water partition coefficient (Wildman–Crippen LogP) is 1.32. The SMILES string of the molecule is Cc1cn(C)nc1[C@H](O)C(F)(F)F. The third-order valence-corrected chi connectivity index (χ3v) is 1.62. The first-order valence-electron chi connectivity index (χ1n) is 3.57. The molecular weight excluding hydrogens is 185 g/mol. The Morgan fingerprint density at radius 3 is 2.38 bits per heavy atom. The van der Waals surface area contributed by atoms with Gasteiger partial charge in [-0.25, -0.2) is 0 Å². The summed E-state index contributed by atoms with van der Waals surface area (Å²) in [7, 11) is 1.50. The molecule has 13 heavy (non-hydrogen) atoms. The number of rotatable bonds is 1. The van der Waals surface area contributed by atoms with Crippen LogP contribution >= 0.6 is 0 Å². The van der Waals surface area contributed by atoms with Crippen LogP contribution in [0.3, 0.4) is 0 Å². The number of nitrogens with zero attached hydrogens (tertiary/aromatic N) is 2. The minimum absolute atomic E-state index is 0.326. The van der Waals surface area contributed by atoms with Gasteiger partial charge in [-0.3, -0.25) is 4.68 Å². The second-order valence-electron chi connectivity index (χ2n) is 2.82. The van der Waals surface area contributed by atoms with Crippen LogP contribution in [0, 0.1) is 6.92 Å². The highest BCUT2D eigenvalue weighted by atomic mass is 19.4. The van der Waals surface area contributed by atoms with Gasteiger partial charge in [0.25, 0.3) is 0 Å². The molecule has 0 aliphatic rings. The molecule has 1 rings (SSSR count). The van der Waals surface area contributed by atoms with Crippen LogP contribution in [-0.2, 0) is 7.05 Å². The quantitative estimate of drug-likeness (QED) is 0.732. The summed E-state index contributed by atoms with van der Waals surface area (Å²) in [4.78, 5) is 0. The lowest BCUT2D eigenvalue weighted by Gasteiger charge is -2.12.